The maximum absolute atomic E-state index is 12.6. The van der Waals surface area contributed by atoms with Crippen molar-refractivity contribution in [3.63, 3.8) is 0 Å². The standard InChI is InChI=1S/C13H20ClNO3S2/c1-10-6-8-15(9-12(10)18-2)20(16,17)13-4-3-11(19-13)5-7-14/h3-4,10,12H,5-9H2,1-2H3. The maximum atomic E-state index is 12.6. The Balaban J connectivity index is 2.17. The molecule has 0 aromatic carbocycles. The summed E-state index contributed by atoms with van der Waals surface area (Å²) in [4.78, 5) is 1.01. The van der Waals surface area contributed by atoms with E-state index in [9.17, 15) is 8.42 Å². The lowest BCUT2D eigenvalue weighted by molar-refractivity contribution is 0.0184. The fourth-order valence-corrected chi connectivity index (χ4v) is 5.67. The zero-order valence-electron chi connectivity index (χ0n) is 11.7. The van der Waals surface area contributed by atoms with Gasteiger partial charge in [0.2, 0.25) is 0 Å². The molecule has 0 spiro atoms. The van der Waals surface area contributed by atoms with Crippen LogP contribution in [0.3, 0.4) is 0 Å². The van der Waals surface area contributed by atoms with Crippen LogP contribution in [0.4, 0.5) is 0 Å². The van der Waals surface area contributed by atoms with Crippen LogP contribution in [-0.4, -0.2) is 44.9 Å². The second kappa shape index (κ2) is 6.75. The summed E-state index contributed by atoms with van der Waals surface area (Å²) >= 11 is 7.01. The van der Waals surface area contributed by atoms with Gasteiger partial charge in [-0.1, -0.05) is 6.92 Å². The Kier molecular flexibility index (Phi) is 5.48. The summed E-state index contributed by atoms with van der Waals surface area (Å²) in [5.74, 6) is 0.897. The number of hydrogen-bond donors (Lipinski definition) is 0. The van der Waals surface area contributed by atoms with Gasteiger partial charge >= 0.3 is 0 Å². The van der Waals surface area contributed by atoms with Crippen molar-refractivity contribution < 1.29 is 13.2 Å². The van der Waals surface area contributed by atoms with Crippen LogP contribution in [0.15, 0.2) is 16.3 Å². The third-order valence-corrected chi connectivity index (χ3v) is 7.39. The van der Waals surface area contributed by atoms with Gasteiger partial charge in [-0.2, -0.15) is 4.31 Å². The minimum atomic E-state index is -3.40. The number of ether oxygens (including phenoxy) is 1. The minimum absolute atomic E-state index is 0.0270. The molecule has 20 heavy (non-hydrogen) atoms. The molecule has 0 amide bonds. The van der Waals surface area contributed by atoms with E-state index < -0.39 is 10.0 Å². The highest BCUT2D eigenvalue weighted by atomic mass is 35.5. The highest BCUT2D eigenvalue weighted by Crippen LogP contribution is 2.29. The minimum Gasteiger partial charge on any atom is -0.380 e. The van der Waals surface area contributed by atoms with E-state index in [1.54, 1.807) is 13.2 Å². The molecule has 1 aliphatic rings. The molecular weight excluding hydrogens is 318 g/mol. The summed E-state index contributed by atoms with van der Waals surface area (Å²) in [6, 6.07) is 3.53. The molecule has 7 heteroatoms. The number of thiophene rings is 1. The van der Waals surface area contributed by atoms with Gasteiger partial charge < -0.3 is 4.74 Å². The molecule has 1 aromatic rings. The topological polar surface area (TPSA) is 46.6 Å². The van der Waals surface area contributed by atoms with Crippen LogP contribution in [0, 0.1) is 5.92 Å². The van der Waals surface area contributed by atoms with E-state index in [0.717, 1.165) is 11.3 Å². The molecule has 2 heterocycles. The fourth-order valence-electron chi connectivity index (χ4n) is 2.38. The van der Waals surface area contributed by atoms with Crippen LogP contribution in [0.5, 0.6) is 0 Å². The van der Waals surface area contributed by atoms with Gasteiger partial charge in [0.05, 0.1) is 6.10 Å². The summed E-state index contributed by atoms with van der Waals surface area (Å²) in [5.41, 5.74) is 0. The molecule has 1 fully saturated rings. The molecule has 0 N–H and O–H groups in total. The Morgan fingerprint density at radius 3 is 2.90 bits per heavy atom. The molecule has 2 unspecified atom stereocenters. The van der Waals surface area contributed by atoms with E-state index in [0.29, 0.717) is 35.5 Å². The SMILES string of the molecule is COC1CN(S(=O)(=O)c2ccc(CCCl)s2)CCC1C. The van der Waals surface area contributed by atoms with Gasteiger partial charge in [-0.25, -0.2) is 8.42 Å². The van der Waals surface area contributed by atoms with Crippen molar-refractivity contribution in [2.75, 3.05) is 26.1 Å². The largest absolute Gasteiger partial charge is 0.380 e. The van der Waals surface area contributed by atoms with Crippen molar-refractivity contribution in [2.24, 2.45) is 5.92 Å². The zero-order valence-corrected chi connectivity index (χ0v) is 14.1. The Bertz CT molecular complexity index is 544. The van der Waals surface area contributed by atoms with Crippen LogP contribution in [0.25, 0.3) is 0 Å². The average Bonchev–Trinajstić information content (AvgIpc) is 2.89. The number of alkyl halides is 1. The van der Waals surface area contributed by atoms with Gasteiger partial charge in [-0.3, -0.25) is 0 Å². The molecular formula is C13H20ClNO3S2. The lowest BCUT2D eigenvalue weighted by atomic mass is 9.97. The van der Waals surface area contributed by atoms with E-state index in [-0.39, 0.29) is 6.10 Å². The number of sulfonamides is 1. The molecule has 1 aliphatic heterocycles. The first-order valence-corrected chi connectivity index (χ1v) is 9.45. The average molecular weight is 338 g/mol. The predicted molar refractivity (Wildman–Crippen MR) is 82.1 cm³/mol. The van der Waals surface area contributed by atoms with Crippen molar-refractivity contribution in [3.05, 3.63) is 17.0 Å². The summed E-state index contributed by atoms with van der Waals surface area (Å²) in [6.07, 6.45) is 1.51. The normalized spacial score (nSPS) is 24.9. The zero-order chi connectivity index (χ0) is 14.8. The van der Waals surface area contributed by atoms with Gasteiger partial charge in [0.15, 0.2) is 0 Å². The maximum Gasteiger partial charge on any atom is 0.252 e. The molecule has 0 saturated carbocycles. The lowest BCUT2D eigenvalue weighted by Gasteiger charge is -2.35. The van der Waals surface area contributed by atoms with E-state index in [2.05, 4.69) is 6.92 Å². The monoisotopic (exact) mass is 337 g/mol. The molecule has 0 aliphatic carbocycles. The van der Waals surface area contributed by atoms with Crippen LogP contribution in [-0.2, 0) is 21.2 Å². The van der Waals surface area contributed by atoms with Crippen molar-refractivity contribution in [1.29, 1.82) is 0 Å². The second-order valence-corrected chi connectivity index (χ2v) is 8.77. The molecule has 1 aromatic heterocycles. The Morgan fingerprint density at radius 2 is 2.25 bits per heavy atom. The van der Waals surface area contributed by atoms with Crippen molar-refractivity contribution in [3.8, 4) is 0 Å². The Labute approximate surface area is 129 Å². The van der Waals surface area contributed by atoms with Crippen molar-refractivity contribution >= 4 is 33.0 Å². The summed E-state index contributed by atoms with van der Waals surface area (Å²) in [7, 11) is -1.76. The van der Waals surface area contributed by atoms with Crippen molar-refractivity contribution in [1.82, 2.24) is 4.31 Å². The lowest BCUT2D eigenvalue weighted by Crippen LogP contribution is -2.46. The smallest absolute Gasteiger partial charge is 0.252 e. The molecule has 1 saturated heterocycles. The molecule has 2 rings (SSSR count). The Morgan fingerprint density at radius 1 is 1.50 bits per heavy atom. The number of piperidine rings is 1. The van der Waals surface area contributed by atoms with Crippen LogP contribution in [0.1, 0.15) is 18.2 Å². The van der Waals surface area contributed by atoms with E-state index in [1.807, 2.05) is 6.07 Å². The van der Waals surface area contributed by atoms with Gasteiger partial charge in [0.1, 0.15) is 4.21 Å². The van der Waals surface area contributed by atoms with E-state index >= 15 is 0 Å². The van der Waals surface area contributed by atoms with Gasteiger partial charge in [-0.15, -0.1) is 22.9 Å². The highest BCUT2D eigenvalue weighted by Gasteiger charge is 2.34. The molecule has 0 bridgehead atoms. The third kappa shape index (κ3) is 3.36. The van der Waals surface area contributed by atoms with Crippen LogP contribution < -0.4 is 0 Å². The predicted octanol–water partition coefficient (Wildman–Crippen LogP) is 2.57. The third-order valence-electron chi connectivity index (χ3n) is 3.73. The van der Waals surface area contributed by atoms with Gasteiger partial charge in [0.25, 0.3) is 10.0 Å². The number of rotatable bonds is 5. The van der Waals surface area contributed by atoms with Gasteiger partial charge in [0, 0.05) is 31.0 Å². The van der Waals surface area contributed by atoms with E-state index in [1.165, 1.54) is 15.6 Å². The van der Waals surface area contributed by atoms with E-state index in [4.69, 9.17) is 16.3 Å². The molecule has 4 nitrogen and oxygen atoms in total. The summed E-state index contributed by atoms with van der Waals surface area (Å²) in [5, 5.41) is 0. The molecule has 2 atom stereocenters. The fraction of sp³-hybridized carbons (Fsp3) is 0.692. The highest BCUT2D eigenvalue weighted by molar-refractivity contribution is 7.91. The van der Waals surface area contributed by atoms with Crippen LogP contribution in [0.2, 0.25) is 0 Å². The van der Waals surface area contributed by atoms with Gasteiger partial charge in [-0.05, 0) is 30.9 Å². The first-order chi connectivity index (χ1) is 9.48. The quantitative estimate of drug-likeness (QED) is 0.776. The summed E-state index contributed by atoms with van der Waals surface area (Å²) < 4.78 is 32.6. The first kappa shape index (κ1) is 16.2. The summed E-state index contributed by atoms with van der Waals surface area (Å²) in [6.45, 7) is 3.09. The molecule has 114 valence electrons. The number of nitrogens with zero attached hydrogens (tertiary/aromatic N) is 1. The van der Waals surface area contributed by atoms with Crippen LogP contribution >= 0.6 is 22.9 Å². The number of halogens is 1. The number of hydrogen-bond acceptors (Lipinski definition) is 4. The first-order valence-electron chi connectivity index (χ1n) is 6.66. The molecule has 0 radical (unpaired) electrons. The Hall–Kier alpha value is -0.140. The van der Waals surface area contributed by atoms with Crippen molar-refractivity contribution in [2.45, 2.75) is 30.1 Å². The second-order valence-electron chi connectivity index (χ2n) is 5.06. The number of aryl methyl sites for hydroxylation is 1. The number of methoxy groups -OCH3 is 1.